The highest BCUT2D eigenvalue weighted by molar-refractivity contribution is 7.22. The lowest BCUT2D eigenvalue weighted by atomic mass is 9.76. The quantitative estimate of drug-likeness (QED) is 0.574. The van der Waals surface area contributed by atoms with E-state index in [0.29, 0.717) is 16.6 Å². The van der Waals surface area contributed by atoms with Crippen molar-refractivity contribution < 1.29 is 4.59 Å². The minimum Gasteiger partial charge on any atom is -0.253 e. The predicted molar refractivity (Wildman–Crippen MR) is 121 cm³/mol. The lowest BCUT2D eigenvalue weighted by Gasteiger charge is -2.40. The molecule has 1 aromatic heterocycles. The zero-order valence-electron chi connectivity index (χ0n) is 15.9. The maximum Gasteiger partial charge on any atom is 0.219 e. The Morgan fingerprint density at radius 3 is 2.72 bits per heavy atom. The van der Waals surface area contributed by atoms with E-state index in [1.807, 2.05) is 36.3 Å². The molecule has 3 heterocycles. The fraction of sp³-hybridized carbons (Fsp3) is 0.167. The van der Waals surface area contributed by atoms with Crippen molar-refractivity contribution in [3.05, 3.63) is 84.5 Å². The van der Waals surface area contributed by atoms with Crippen LogP contribution in [0.1, 0.15) is 24.3 Å². The van der Waals surface area contributed by atoms with Crippen LogP contribution in [0.2, 0.25) is 0 Å². The molecule has 2 aromatic carbocycles. The molecule has 0 spiro atoms. The Morgan fingerprint density at radius 2 is 1.86 bits per heavy atom. The Morgan fingerprint density at radius 1 is 1.00 bits per heavy atom. The van der Waals surface area contributed by atoms with Gasteiger partial charge in [0, 0.05) is 9.58 Å². The van der Waals surface area contributed by atoms with Crippen LogP contribution in [0.3, 0.4) is 0 Å². The third-order valence-corrected chi connectivity index (χ3v) is 7.27. The monoisotopic (exact) mass is 397 g/mol. The van der Waals surface area contributed by atoms with Crippen LogP contribution in [-0.4, -0.2) is 23.2 Å². The molecule has 1 N–H and O–H groups in total. The summed E-state index contributed by atoms with van der Waals surface area (Å²) < 4.78 is 1.84. The minimum absolute atomic E-state index is 0.478. The number of nitrogens with zero attached hydrogens (tertiary/aromatic N) is 3. The van der Waals surface area contributed by atoms with Gasteiger partial charge in [0.2, 0.25) is 6.34 Å². The molecular formula is C24H21N4S+. The highest BCUT2D eigenvalue weighted by atomic mass is 32.1. The molecule has 0 bridgehead atoms. The van der Waals surface area contributed by atoms with Crippen LogP contribution in [0.5, 0.6) is 0 Å². The normalized spacial score (nSPS) is 27.1. The van der Waals surface area contributed by atoms with E-state index >= 15 is 0 Å². The van der Waals surface area contributed by atoms with Gasteiger partial charge in [-0.2, -0.15) is 0 Å². The molecule has 2 aliphatic heterocycles. The first kappa shape index (κ1) is 17.0. The van der Waals surface area contributed by atoms with Crippen molar-refractivity contribution in [2.75, 3.05) is 0 Å². The van der Waals surface area contributed by atoms with E-state index in [4.69, 9.17) is 0 Å². The van der Waals surface area contributed by atoms with Gasteiger partial charge in [-0.05, 0) is 47.4 Å². The van der Waals surface area contributed by atoms with E-state index in [1.54, 1.807) is 0 Å². The third-order valence-electron chi connectivity index (χ3n) is 6.10. The van der Waals surface area contributed by atoms with Gasteiger partial charge in [-0.15, -0.1) is 21.4 Å². The first-order valence-electron chi connectivity index (χ1n) is 10.0. The first-order valence-corrected chi connectivity index (χ1v) is 10.8. The van der Waals surface area contributed by atoms with Crippen LogP contribution in [-0.2, 0) is 0 Å². The molecule has 1 aliphatic carbocycles. The number of hydrogen-bond acceptors (Lipinski definition) is 4. The van der Waals surface area contributed by atoms with Gasteiger partial charge in [-0.3, -0.25) is 4.99 Å². The fourth-order valence-electron chi connectivity index (χ4n) is 4.39. The smallest absolute Gasteiger partial charge is 0.219 e. The van der Waals surface area contributed by atoms with E-state index in [0.717, 1.165) is 18.5 Å². The number of thiophene rings is 1. The van der Waals surface area contributed by atoms with Crippen molar-refractivity contribution in [2.24, 2.45) is 9.98 Å². The Kier molecular flexibility index (Phi) is 3.87. The molecule has 6 rings (SSSR count). The molecule has 5 heteroatoms. The number of fused-ring (bicyclic) bond motifs is 2. The Hall–Kier alpha value is -2.86. The molecule has 0 amide bonds. The van der Waals surface area contributed by atoms with Gasteiger partial charge in [0.15, 0.2) is 5.70 Å². The van der Waals surface area contributed by atoms with Gasteiger partial charge in [0.1, 0.15) is 6.20 Å². The summed E-state index contributed by atoms with van der Waals surface area (Å²) in [5, 5.41) is 1.33. The molecule has 142 valence electrons. The van der Waals surface area contributed by atoms with E-state index in [1.165, 1.54) is 26.1 Å². The molecular weight excluding hydrogens is 376 g/mol. The number of hydrogen-bond donors (Lipinski definition) is 1. The standard InChI is InChI=1S/C24H21N4S/c1-2-4-23-19(3-1)13-24(29-23)18-7-5-17(6-8-18)20-11-21(12-20)27-28-10-9-25-14-22(28)15-26-16-28/h1-10,13-16,20-21,27H,11-12H2/q+1. The maximum absolute atomic E-state index is 4.32. The van der Waals surface area contributed by atoms with Crippen LogP contribution in [0.15, 0.2) is 88.9 Å². The molecule has 1 unspecified atom stereocenters. The Balaban J connectivity index is 1.13. The summed E-state index contributed by atoms with van der Waals surface area (Å²) >= 11 is 1.87. The second-order valence-electron chi connectivity index (χ2n) is 7.94. The fourth-order valence-corrected chi connectivity index (χ4v) is 5.45. The molecule has 3 aromatic rings. The van der Waals surface area contributed by atoms with E-state index in [2.05, 4.69) is 76.2 Å². The number of quaternary nitrogens is 1. The Bertz CT molecular complexity index is 1160. The summed E-state index contributed by atoms with van der Waals surface area (Å²) in [4.78, 5) is 9.88. The largest absolute Gasteiger partial charge is 0.253 e. The number of rotatable bonds is 4. The topological polar surface area (TPSA) is 36.8 Å². The zero-order valence-corrected chi connectivity index (χ0v) is 16.7. The summed E-state index contributed by atoms with van der Waals surface area (Å²) in [5.41, 5.74) is 7.55. The third kappa shape index (κ3) is 2.90. The summed E-state index contributed by atoms with van der Waals surface area (Å²) in [6.07, 6.45) is 11.9. The second-order valence-corrected chi connectivity index (χ2v) is 9.02. The van der Waals surface area contributed by atoms with Crippen molar-refractivity contribution in [3.8, 4) is 10.4 Å². The number of aliphatic imine (C=N–C) groups is 2. The van der Waals surface area contributed by atoms with Crippen molar-refractivity contribution >= 4 is 34.0 Å². The molecule has 4 nitrogen and oxygen atoms in total. The van der Waals surface area contributed by atoms with E-state index in [-0.39, 0.29) is 0 Å². The van der Waals surface area contributed by atoms with Crippen LogP contribution < -0.4 is 5.43 Å². The van der Waals surface area contributed by atoms with E-state index in [9.17, 15) is 0 Å². The number of allylic oxidation sites excluding steroid dienone is 1. The van der Waals surface area contributed by atoms with Gasteiger partial charge in [0.25, 0.3) is 0 Å². The average Bonchev–Trinajstić information content (AvgIpc) is 3.35. The first-order chi connectivity index (χ1) is 14.3. The van der Waals surface area contributed by atoms with Crippen LogP contribution in [0.25, 0.3) is 20.5 Å². The predicted octanol–water partition coefficient (Wildman–Crippen LogP) is 5.57. The molecule has 3 aliphatic rings. The number of nitrogens with one attached hydrogen (secondary N) is 1. The van der Waals surface area contributed by atoms with Gasteiger partial charge >= 0.3 is 0 Å². The highest BCUT2D eigenvalue weighted by Gasteiger charge is 2.41. The molecule has 1 saturated carbocycles. The number of benzene rings is 2. The highest BCUT2D eigenvalue weighted by Crippen LogP contribution is 2.40. The van der Waals surface area contributed by atoms with Crippen molar-refractivity contribution in [3.63, 3.8) is 0 Å². The van der Waals surface area contributed by atoms with Gasteiger partial charge in [-0.1, -0.05) is 42.5 Å². The van der Waals surface area contributed by atoms with Crippen molar-refractivity contribution in [1.82, 2.24) is 5.43 Å². The molecule has 0 radical (unpaired) electrons. The summed E-state index contributed by atoms with van der Waals surface area (Å²) in [6, 6.07) is 20.5. The van der Waals surface area contributed by atoms with Crippen LogP contribution in [0, 0.1) is 0 Å². The van der Waals surface area contributed by atoms with Gasteiger partial charge < -0.3 is 0 Å². The zero-order chi connectivity index (χ0) is 19.3. The lowest BCUT2D eigenvalue weighted by Crippen LogP contribution is -2.58. The molecule has 0 saturated heterocycles. The SMILES string of the molecule is C1=C[N+]2(NC3CC(c4ccc(-c5cc6ccccc6s5)cc4)C3)C=NC=C2C=N1. The summed E-state index contributed by atoms with van der Waals surface area (Å²) in [5.74, 6) is 0.622. The van der Waals surface area contributed by atoms with Crippen LogP contribution in [0.4, 0.5) is 0 Å². The van der Waals surface area contributed by atoms with E-state index < -0.39 is 0 Å². The van der Waals surface area contributed by atoms with Crippen molar-refractivity contribution in [2.45, 2.75) is 24.8 Å². The molecule has 1 atom stereocenters. The summed E-state index contributed by atoms with van der Waals surface area (Å²) in [7, 11) is 0. The second kappa shape index (κ2) is 6.59. The molecule has 1 fully saturated rings. The van der Waals surface area contributed by atoms with Crippen LogP contribution >= 0.6 is 11.3 Å². The molecule has 29 heavy (non-hydrogen) atoms. The lowest BCUT2D eigenvalue weighted by molar-refractivity contribution is -0.788. The van der Waals surface area contributed by atoms with Crippen molar-refractivity contribution in [1.29, 1.82) is 0 Å². The maximum atomic E-state index is 4.32. The minimum atomic E-state index is 0.478. The average molecular weight is 398 g/mol. The summed E-state index contributed by atoms with van der Waals surface area (Å²) in [6.45, 7) is 0. The van der Waals surface area contributed by atoms with Gasteiger partial charge in [0.05, 0.1) is 24.7 Å². The van der Waals surface area contributed by atoms with Gasteiger partial charge in [-0.25, -0.2) is 4.99 Å². The Labute approximate surface area is 173 Å².